The third kappa shape index (κ3) is 2.01. The maximum atomic E-state index is 5.73. The molecule has 1 atom stereocenters. The standard InChI is InChI=1S/C16H16N4S/c21-16-19-11-5-10-18(19)15(13-6-4-9-17-12-13)20(16)14-7-2-1-3-8-14/h1-4,6-9,12,15H,5,10-11H2/t15-/m1/s1. The maximum absolute atomic E-state index is 5.73. The van der Waals surface area contributed by atoms with E-state index >= 15 is 0 Å². The zero-order valence-electron chi connectivity index (χ0n) is 11.6. The Bertz CT molecular complexity index is 646. The van der Waals surface area contributed by atoms with Crippen LogP contribution >= 0.6 is 12.2 Å². The summed E-state index contributed by atoms with van der Waals surface area (Å²) in [6.45, 7) is 2.03. The first kappa shape index (κ1) is 12.7. The molecule has 0 saturated carbocycles. The molecule has 4 nitrogen and oxygen atoms in total. The van der Waals surface area contributed by atoms with E-state index < -0.39 is 0 Å². The molecule has 0 amide bonds. The van der Waals surface area contributed by atoms with E-state index in [0.29, 0.717) is 0 Å². The molecular weight excluding hydrogens is 280 g/mol. The first-order valence-corrected chi connectivity index (χ1v) is 7.59. The molecule has 106 valence electrons. The van der Waals surface area contributed by atoms with Gasteiger partial charge in [-0.2, -0.15) is 5.01 Å². The molecule has 0 spiro atoms. The van der Waals surface area contributed by atoms with Gasteiger partial charge in [-0.05, 0) is 36.8 Å². The largest absolute Gasteiger partial charge is 0.296 e. The van der Waals surface area contributed by atoms with E-state index in [1.807, 2.05) is 24.5 Å². The van der Waals surface area contributed by atoms with Crippen LogP contribution in [0.3, 0.4) is 0 Å². The predicted molar refractivity (Wildman–Crippen MR) is 86.5 cm³/mol. The smallest absolute Gasteiger partial charge is 0.192 e. The molecule has 1 aromatic heterocycles. The average molecular weight is 296 g/mol. The lowest BCUT2D eigenvalue weighted by Gasteiger charge is -2.28. The number of anilines is 1. The van der Waals surface area contributed by atoms with Crippen molar-refractivity contribution in [3.05, 3.63) is 60.4 Å². The van der Waals surface area contributed by atoms with Gasteiger partial charge >= 0.3 is 0 Å². The summed E-state index contributed by atoms with van der Waals surface area (Å²) in [5, 5.41) is 5.46. The van der Waals surface area contributed by atoms with Crippen LogP contribution in [0.15, 0.2) is 54.9 Å². The van der Waals surface area contributed by atoms with Crippen LogP contribution in [0.5, 0.6) is 0 Å². The Morgan fingerprint density at radius 3 is 2.67 bits per heavy atom. The van der Waals surface area contributed by atoms with E-state index in [1.165, 1.54) is 5.56 Å². The molecule has 4 rings (SSSR count). The minimum absolute atomic E-state index is 0.107. The first-order chi connectivity index (χ1) is 10.4. The zero-order chi connectivity index (χ0) is 14.2. The van der Waals surface area contributed by atoms with Crippen molar-refractivity contribution in [2.45, 2.75) is 12.6 Å². The molecule has 0 unspecified atom stereocenters. The third-order valence-corrected chi connectivity index (χ3v) is 4.45. The molecule has 2 aliphatic rings. The first-order valence-electron chi connectivity index (χ1n) is 7.18. The topological polar surface area (TPSA) is 22.6 Å². The van der Waals surface area contributed by atoms with Crippen LogP contribution in [-0.2, 0) is 0 Å². The van der Waals surface area contributed by atoms with Crippen LogP contribution in [-0.4, -0.2) is 33.2 Å². The number of nitrogens with zero attached hydrogens (tertiary/aromatic N) is 4. The summed E-state index contributed by atoms with van der Waals surface area (Å²) >= 11 is 5.73. The lowest BCUT2D eigenvalue weighted by molar-refractivity contribution is 0.0921. The van der Waals surface area contributed by atoms with Crippen molar-refractivity contribution >= 4 is 23.0 Å². The second kappa shape index (κ2) is 5.09. The number of benzene rings is 1. The number of rotatable bonds is 2. The van der Waals surface area contributed by atoms with Crippen molar-refractivity contribution in [3.8, 4) is 0 Å². The fourth-order valence-electron chi connectivity index (χ4n) is 3.14. The summed E-state index contributed by atoms with van der Waals surface area (Å²) in [7, 11) is 0. The van der Waals surface area contributed by atoms with Gasteiger partial charge in [-0.3, -0.25) is 14.9 Å². The van der Waals surface area contributed by atoms with Crippen LogP contribution < -0.4 is 4.90 Å². The van der Waals surface area contributed by atoms with Gasteiger partial charge in [0.2, 0.25) is 0 Å². The highest BCUT2D eigenvalue weighted by molar-refractivity contribution is 7.80. The van der Waals surface area contributed by atoms with Gasteiger partial charge in [0.15, 0.2) is 5.11 Å². The summed E-state index contributed by atoms with van der Waals surface area (Å²) < 4.78 is 0. The quantitative estimate of drug-likeness (QED) is 0.793. The summed E-state index contributed by atoms with van der Waals surface area (Å²) in [5.74, 6) is 0. The number of hydrogen-bond acceptors (Lipinski definition) is 3. The Labute approximate surface area is 129 Å². The Morgan fingerprint density at radius 1 is 1.05 bits per heavy atom. The number of pyridine rings is 1. The summed E-state index contributed by atoms with van der Waals surface area (Å²) in [6, 6.07) is 14.5. The second-order valence-electron chi connectivity index (χ2n) is 5.29. The number of hydrogen-bond donors (Lipinski definition) is 0. The Hall–Kier alpha value is -1.98. The molecule has 0 N–H and O–H groups in total. The van der Waals surface area contributed by atoms with Crippen molar-refractivity contribution < 1.29 is 0 Å². The molecular formula is C16H16N4S. The van der Waals surface area contributed by atoms with Gasteiger partial charge in [0.05, 0.1) is 0 Å². The van der Waals surface area contributed by atoms with E-state index in [-0.39, 0.29) is 6.17 Å². The van der Waals surface area contributed by atoms with Gasteiger partial charge in [-0.1, -0.05) is 24.3 Å². The van der Waals surface area contributed by atoms with Crippen LogP contribution in [0.4, 0.5) is 5.69 Å². The van der Waals surface area contributed by atoms with Gasteiger partial charge in [0.1, 0.15) is 6.17 Å². The number of thiocarbonyl (C=S) groups is 1. The zero-order valence-corrected chi connectivity index (χ0v) is 12.4. The normalized spacial score (nSPS) is 21.9. The molecule has 1 aromatic carbocycles. The lowest BCUT2D eigenvalue weighted by Crippen LogP contribution is -2.32. The van der Waals surface area contributed by atoms with Crippen molar-refractivity contribution in [2.24, 2.45) is 0 Å². The highest BCUT2D eigenvalue weighted by atomic mass is 32.1. The van der Waals surface area contributed by atoms with Crippen LogP contribution in [0, 0.1) is 0 Å². The van der Waals surface area contributed by atoms with Gasteiger partial charge in [-0.25, -0.2) is 0 Å². The minimum atomic E-state index is 0.107. The fourth-order valence-corrected chi connectivity index (χ4v) is 3.55. The van der Waals surface area contributed by atoms with Gasteiger partial charge < -0.3 is 0 Å². The molecule has 3 heterocycles. The summed E-state index contributed by atoms with van der Waals surface area (Å²) in [5.41, 5.74) is 2.30. The lowest BCUT2D eigenvalue weighted by atomic mass is 10.2. The Kier molecular flexibility index (Phi) is 3.09. The van der Waals surface area contributed by atoms with Crippen molar-refractivity contribution in [2.75, 3.05) is 18.0 Å². The predicted octanol–water partition coefficient (Wildman–Crippen LogP) is 2.81. The van der Waals surface area contributed by atoms with Crippen molar-refractivity contribution in [1.82, 2.24) is 15.0 Å². The number of hydrazine groups is 1. The number of aromatic nitrogens is 1. The summed E-state index contributed by atoms with van der Waals surface area (Å²) in [4.78, 5) is 6.51. The summed E-state index contributed by atoms with van der Waals surface area (Å²) in [6.07, 6.45) is 5.01. The van der Waals surface area contributed by atoms with Crippen LogP contribution in [0.2, 0.25) is 0 Å². The number of para-hydroxylation sites is 1. The van der Waals surface area contributed by atoms with Crippen molar-refractivity contribution in [3.63, 3.8) is 0 Å². The fraction of sp³-hybridized carbons (Fsp3) is 0.250. The highest BCUT2D eigenvalue weighted by Gasteiger charge is 2.45. The molecule has 0 aliphatic carbocycles. The van der Waals surface area contributed by atoms with Gasteiger partial charge in [0.25, 0.3) is 0 Å². The Morgan fingerprint density at radius 2 is 1.90 bits per heavy atom. The highest BCUT2D eigenvalue weighted by Crippen LogP contribution is 2.39. The van der Waals surface area contributed by atoms with Crippen LogP contribution in [0.25, 0.3) is 0 Å². The SMILES string of the molecule is S=C1N(c2ccccc2)[C@H](c2cccnc2)N2CCCN12. The molecule has 5 heteroatoms. The maximum Gasteiger partial charge on any atom is 0.192 e. The molecule has 2 saturated heterocycles. The molecule has 21 heavy (non-hydrogen) atoms. The monoisotopic (exact) mass is 296 g/mol. The molecule has 2 aliphatic heterocycles. The average Bonchev–Trinajstić information content (AvgIpc) is 3.11. The Balaban J connectivity index is 1.81. The molecule has 0 bridgehead atoms. The van der Waals surface area contributed by atoms with E-state index in [1.54, 1.807) is 0 Å². The van der Waals surface area contributed by atoms with E-state index in [2.05, 4.69) is 50.2 Å². The van der Waals surface area contributed by atoms with E-state index in [4.69, 9.17) is 12.2 Å². The number of fused-ring (bicyclic) bond motifs is 1. The second-order valence-corrected chi connectivity index (χ2v) is 5.65. The van der Waals surface area contributed by atoms with Gasteiger partial charge in [0, 0.05) is 36.7 Å². The van der Waals surface area contributed by atoms with Gasteiger partial charge in [-0.15, -0.1) is 0 Å². The van der Waals surface area contributed by atoms with E-state index in [9.17, 15) is 0 Å². The molecule has 0 radical (unpaired) electrons. The molecule has 2 fully saturated rings. The minimum Gasteiger partial charge on any atom is -0.296 e. The third-order valence-electron chi connectivity index (χ3n) is 4.04. The van der Waals surface area contributed by atoms with Crippen LogP contribution in [0.1, 0.15) is 18.2 Å². The van der Waals surface area contributed by atoms with E-state index in [0.717, 1.165) is 30.3 Å². The molecule has 2 aromatic rings. The van der Waals surface area contributed by atoms with Crippen molar-refractivity contribution in [1.29, 1.82) is 0 Å².